The zero-order valence-corrected chi connectivity index (χ0v) is 16.2. The SMILES string of the molecule is C[C@H]1[C@H](/C=C/c2ccc(-c3ccccc3C#N)cn2)[C@@H]2OC(=O)C[C@@H]2C[C@@H]1C. The second-order valence-corrected chi connectivity index (χ2v) is 8.06. The Bertz CT molecular complexity index is 942. The molecule has 0 radical (unpaired) electrons. The number of pyridine rings is 1. The molecule has 0 amide bonds. The van der Waals surface area contributed by atoms with Gasteiger partial charge in [-0.2, -0.15) is 5.26 Å². The van der Waals surface area contributed by atoms with Crippen LogP contribution in [0.25, 0.3) is 17.2 Å². The lowest BCUT2D eigenvalue weighted by Gasteiger charge is -2.39. The van der Waals surface area contributed by atoms with Crippen molar-refractivity contribution in [3.63, 3.8) is 0 Å². The summed E-state index contributed by atoms with van der Waals surface area (Å²) in [6.07, 6.45) is 7.62. The molecule has 2 fully saturated rings. The summed E-state index contributed by atoms with van der Waals surface area (Å²) in [7, 11) is 0. The van der Waals surface area contributed by atoms with E-state index < -0.39 is 0 Å². The molecule has 4 heteroatoms. The molecule has 1 aliphatic heterocycles. The molecule has 1 aromatic heterocycles. The number of ether oxygens (including phenoxy) is 1. The van der Waals surface area contributed by atoms with Gasteiger partial charge < -0.3 is 4.74 Å². The van der Waals surface area contributed by atoms with Gasteiger partial charge in [-0.3, -0.25) is 9.78 Å². The highest BCUT2D eigenvalue weighted by Gasteiger charge is 2.46. The van der Waals surface area contributed by atoms with E-state index in [0.29, 0.717) is 29.7 Å². The van der Waals surface area contributed by atoms with E-state index in [1.54, 1.807) is 6.20 Å². The molecule has 1 saturated heterocycles. The summed E-state index contributed by atoms with van der Waals surface area (Å²) in [5.41, 5.74) is 3.33. The summed E-state index contributed by atoms with van der Waals surface area (Å²) in [5.74, 6) is 1.54. The minimum absolute atomic E-state index is 0.00303. The van der Waals surface area contributed by atoms with Crippen LogP contribution in [-0.4, -0.2) is 17.1 Å². The standard InChI is InChI=1S/C24H24N2O2/c1-15-11-19-12-23(27)28-24(19)21(16(15)2)10-9-20-8-7-18(14-26-20)22-6-4-3-5-17(22)13-25/h3-10,14-16,19,21,24H,11-12H2,1-2H3/b10-9+/t15-,16+,19-,21-,24+/m0/s1. The number of esters is 1. The summed E-state index contributed by atoms with van der Waals surface area (Å²) in [4.78, 5) is 16.3. The molecule has 2 heterocycles. The van der Waals surface area contributed by atoms with Gasteiger partial charge in [-0.15, -0.1) is 0 Å². The number of carbonyl (C=O) groups excluding carboxylic acids is 1. The van der Waals surface area contributed by atoms with Crippen LogP contribution in [0.3, 0.4) is 0 Å². The first kappa shape index (κ1) is 18.4. The quantitative estimate of drug-likeness (QED) is 0.722. The van der Waals surface area contributed by atoms with E-state index in [1.165, 1.54) is 0 Å². The largest absolute Gasteiger partial charge is 0.461 e. The molecule has 1 saturated carbocycles. The highest BCUT2D eigenvalue weighted by atomic mass is 16.6. The number of nitrogens with zero attached hydrogens (tertiary/aromatic N) is 2. The first-order valence-corrected chi connectivity index (χ1v) is 9.90. The van der Waals surface area contributed by atoms with Gasteiger partial charge in [-0.05, 0) is 36.5 Å². The van der Waals surface area contributed by atoms with Crippen LogP contribution >= 0.6 is 0 Å². The summed E-state index contributed by atoms with van der Waals surface area (Å²) in [5, 5.41) is 9.28. The van der Waals surface area contributed by atoms with Crippen molar-refractivity contribution in [2.24, 2.45) is 23.7 Å². The topological polar surface area (TPSA) is 63.0 Å². The molecule has 5 atom stereocenters. The van der Waals surface area contributed by atoms with Gasteiger partial charge in [0, 0.05) is 29.2 Å². The van der Waals surface area contributed by atoms with Crippen LogP contribution in [0.4, 0.5) is 0 Å². The van der Waals surface area contributed by atoms with Gasteiger partial charge in [0.15, 0.2) is 0 Å². The smallest absolute Gasteiger partial charge is 0.306 e. The lowest BCUT2D eigenvalue weighted by molar-refractivity contribution is -0.144. The van der Waals surface area contributed by atoms with Crippen molar-refractivity contribution < 1.29 is 9.53 Å². The Labute approximate surface area is 165 Å². The first-order valence-electron chi connectivity index (χ1n) is 9.90. The van der Waals surface area contributed by atoms with Gasteiger partial charge in [0.2, 0.25) is 0 Å². The van der Waals surface area contributed by atoms with Crippen molar-refractivity contribution in [1.29, 1.82) is 5.26 Å². The summed E-state index contributed by atoms with van der Waals surface area (Å²) >= 11 is 0. The monoisotopic (exact) mass is 372 g/mol. The second-order valence-electron chi connectivity index (χ2n) is 8.06. The number of fused-ring (bicyclic) bond motifs is 1. The van der Waals surface area contributed by atoms with Crippen LogP contribution in [0, 0.1) is 35.0 Å². The minimum atomic E-state index is -0.0617. The van der Waals surface area contributed by atoms with Gasteiger partial charge >= 0.3 is 5.97 Å². The van der Waals surface area contributed by atoms with Crippen molar-refractivity contribution >= 4 is 12.0 Å². The third-order valence-electron chi connectivity index (χ3n) is 6.35. The summed E-state index contributed by atoms with van der Waals surface area (Å²) in [6, 6.07) is 13.7. The maximum atomic E-state index is 11.8. The van der Waals surface area contributed by atoms with Gasteiger partial charge in [0.25, 0.3) is 0 Å². The molecular formula is C24H24N2O2. The normalized spacial score (nSPS) is 29.3. The maximum absolute atomic E-state index is 11.8. The van der Waals surface area contributed by atoms with E-state index in [-0.39, 0.29) is 18.0 Å². The fourth-order valence-electron chi connectivity index (χ4n) is 4.60. The molecule has 1 aromatic carbocycles. The maximum Gasteiger partial charge on any atom is 0.306 e. The third kappa shape index (κ3) is 3.45. The fraction of sp³-hybridized carbons (Fsp3) is 0.375. The number of aromatic nitrogens is 1. The molecule has 142 valence electrons. The van der Waals surface area contributed by atoms with Crippen molar-refractivity contribution in [3.8, 4) is 17.2 Å². The van der Waals surface area contributed by atoms with E-state index in [4.69, 9.17) is 4.74 Å². The van der Waals surface area contributed by atoms with Gasteiger partial charge in [0.1, 0.15) is 6.10 Å². The number of nitriles is 1. The summed E-state index contributed by atoms with van der Waals surface area (Å²) in [6.45, 7) is 4.52. The van der Waals surface area contributed by atoms with Gasteiger partial charge in [-0.25, -0.2) is 0 Å². The zero-order chi connectivity index (χ0) is 19.7. The zero-order valence-electron chi connectivity index (χ0n) is 16.2. The molecule has 1 aliphatic carbocycles. The Morgan fingerprint density at radius 1 is 1.21 bits per heavy atom. The number of rotatable bonds is 3. The van der Waals surface area contributed by atoms with Crippen molar-refractivity contribution in [2.75, 3.05) is 0 Å². The van der Waals surface area contributed by atoms with Crippen LogP contribution in [0.5, 0.6) is 0 Å². The van der Waals surface area contributed by atoms with Crippen molar-refractivity contribution in [2.45, 2.75) is 32.8 Å². The molecule has 4 rings (SSSR count). The van der Waals surface area contributed by atoms with Gasteiger partial charge in [-0.1, -0.05) is 44.2 Å². The number of hydrogen-bond donors (Lipinski definition) is 0. The van der Waals surface area contributed by atoms with E-state index in [2.05, 4.69) is 31.0 Å². The Morgan fingerprint density at radius 3 is 2.79 bits per heavy atom. The molecular weight excluding hydrogens is 348 g/mol. The van der Waals surface area contributed by atoms with Crippen LogP contribution in [-0.2, 0) is 9.53 Å². The second kappa shape index (κ2) is 7.59. The first-order chi connectivity index (χ1) is 13.6. The number of carbonyl (C=O) groups is 1. The molecule has 2 aromatic rings. The van der Waals surface area contributed by atoms with E-state index in [1.807, 2.05) is 42.5 Å². The van der Waals surface area contributed by atoms with Gasteiger partial charge in [0.05, 0.1) is 23.7 Å². The highest BCUT2D eigenvalue weighted by Crippen LogP contribution is 2.45. The Morgan fingerprint density at radius 2 is 2.04 bits per heavy atom. The Kier molecular flexibility index (Phi) is 5.00. The number of benzene rings is 1. The average molecular weight is 372 g/mol. The molecule has 2 aliphatic rings. The van der Waals surface area contributed by atoms with Crippen LogP contribution in [0.15, 0.2) is 48.7 Å². The number of hydrogen-bond acceptors (Lipinski definition) is 4. The minimum Gasteiger partial charge on any atom is -0.461 e. The van der Waals surface area contributed by atoms with E-state index >= 15 is 0 Å². The molecule has 28 heavy (non-hydrogen) atoms. The Hall–Kier alpha value is -2.93. The molecule has 0 spiro atoms. The highest BCUT2D eigenvalue weighted by molar-refractivity contribution is 5.72. The van der Waals surface area contributed by atoms with Crippen LogP contribution < -0.4 is 0 Å². The third-order valence-corrected chi connectivity index (χ3v) is 6.35. The average Bonchev–Trinajstić information content (AvgIpc) is 3.08. The fourth-order valence-corrected chi connectivity index (χ4v) is 4.60. The van der Waals surface area contributed by atoms with Crippen LogP contribution in [0.2, 0.25) is 0 Å². The van der Waals surface area contributed by atoms with E-state index in [9.17, 15) is 10.1 Å². The Balaban J connectivity index is 1.54. The van der Waals surface area contributed by atoms with Crippen LogP contribution in [0.1, 0.15) is 37.9 Å². The molecule has 0 bridgehead atoms. The van der Waals surface area contributed by atoms with Crippen molar-refractivity contribution in [3.05, 3.63) is 59.9 Å². The molecule has 0 N–H and O–H groups in total. The molecule has 4 nitrogen and oxygen atoms in total. The van der Waals surface area contributed by atoms with Crippen molar-refractivity contribution in [1.82, 2.24) is 4.98 Å². The predicted molar refractivity (Wildman–Crippen MR) is 108 cm³/mol. The van der Waals surface area contributed by atoms with E-state index in [0.717, 1.165) is 23.2 Å². The molecule has 0 unspecified atom stereocenters. The predicted octanol–water partition coefficient (Wildman–Crippen LogP) is 4.86. The summed E-state index contributed by atoms with van der Waals surface area (Å²) < 4.78 is 5.65. The lowest BCUT2D eigenvalue weighted by atomic mass is 9.67. The lowest BCUT2D eigenvalue weighted by Crippen LogP contribution is -2.39.